The third kappa shape index (κ3) is 4.83. The van der Waals surface area contributed by atoms with Crippen LogP contribution in [0.3, 0.4) is 0 Å². The van der Waals surface area contributed by atoms with Crippen LogP contribution in [0.1, 0.15) is 32.1 Å². The molecule has 0 saturated carbocycles. The van der Waals surface area contributed by atoms with Gasteiger partial charge in [-0.05, 0) is 11.6 Å². The van der Waals surface area contributed by atoms with Crippen LogP contribution in [0.4, 0.5) is 40.8 Å². The summed E-state index contributed by atoms with van der Waals surface area (Å²) in [6.07, 6.45) is -11.0. The summed E-state index contributed by atoms with van der Waals surface area (Å²) in [7, 11) is 0. The zero-order valence-corrected chi connectivity index (χ0v) is 12.4. The molecule has 0 spiro atoms. The highest BCUT2D eigenvalue weighted by molar-refractivity contribution is 6.22. The molecule has 15 heteroatoms. The number of carboxylic acid groups (broad SMARTS) is 2. The number of hydrogen-bond donors (Lipinski definition) is 1. The summed E-state index contributed by atoms with van der Waals surface area (Å²) in [6.45, 7) is -2.28. The fourth-order valence-corrected chi connectivity index (χ4v) is 1.90. The molecule has 0 amide bonds. The molecule has 0 aliphatic carbocycles. The number of hydrogen-bond acceptors (Lipinski definition) is 6. The van der Waals surface area contributed by atoms with E-state index in [0.717, 1.165) is 5.32 Å². The van der Waals surface area contributed by atoms with E-state index in [9.17, 15) is 54.9 Å². The highest BCUT2D eigenvalue weighted by Gasteiger charge is 2.44. The number of pyridine rings is 1. The van der Waals surface area contributed by atoms with Gasteiger partial charge < -0.3 is 25.1 Å². The summed E-state index contributed by atoms with van der Waals surface area (Å²) >= 11 is 4.46. The van der Waals surface area contributed by atoms with Crippen molar-refractivity contribution in [3.05, 3.63) is 22.5 Å². The molecule has 26 heavy (non-hydrogen) atoms. The maximum absolute atomic E-state index is 13.3. The van der Waals surface area contributed by atoms with Gasteiger partial charge in [-0.25, -0.2) is 4.98 Å². The normalized spacial score (nSPS) is 12.8. The molecule has 0 radical (unpaired) electrons. The number of aromatic nitrogens is 1. The number of carboxylic acids is 2. The zero-order valence-electron chi connectivity index (χ0n) is 11.7. The van der Waals surface area contributed by atoms with Crippen LogP contribution in [0.2, 0.25) is 0 Å². The smallest absolute Gasteiger partial charge is 0.434 e. The van der Waals surface area contributed by atoms with E-state index in [4.69, 9.17) is 0 Å². The molecule has 0 saturated heterocycles. The Morgan fingerprint density at radius 3 is 1.65 bits per heavy atom. The summed E-state index contributed by atoms with van der Waals surface area (Å²) in [6, 6.07) is 0. The molecule has 1 aromatic heterocycles. The quantitative estimate of drug-likeness (QED) is 0.571. The van der Waals surface area contributed by atoms with Crippen molar-refractivity contribution in [2.75, 3.05) is 11.9 Å². The first-order valence-electron chi connectivity index (χ1n) is 5.92. The fraction of sp³-hybridized carbons (Fsp3) is 0.364. The number of carbonyl (C=O) groups excluding carboxylic acids is 2. The van der Waals surface area contributed by atoms with Gasteiger partial charge in [-0.3, -0.25) is 0 Å². The van der Waals surface area contributed by atoms with Gasteiger partial charge in [0.2, 0.25) is 0 Å². The van der Waals surface area contributed by atoms with Crippen LogP contribution < -0.4 is 15.5 Å². The number of nitrogens with zero attached hydrogens (tertiary/aromatic N) is 1. The Balaban J connectivity index is 4.00. The standard InChI is InChI=1S/C11H5ClF8N2O4/c12-10(16,17)5-2(7(23)24)4(21-1-9(13,14)15)3(8(25)26)6(22-5)11(18,19)20/h1H2,(H,21,22)(H,23,24)(H,25,26)/p-2. The molecule has 1 heterocycles. The van der Waals surface area contributed by atoms with E-state index in [1.54, 1.807) is 0 Å². The molecule has 0 aliphatic heterocycles. The SMILES string of the molecule is O=C([O-])c1c(C(F)(F)F)nc(C(F)(F)Cl)c(C(=O)[O-])c1NCC(F)(F)F. The molecule has 0 fully saturated rings. The molecule has 6 nitrogen and oxygen atoms in total. The number of carbonyl (C=O) groups is 2. The molecule has 0 unspecified atom stereocenters. The Labute approximate surface area is 142 Å². The Morgan fingerprint density at radius 1 is 0.923 bits per heavy atom. The van der Waals surface area contributed by atoms with Crippen LogP contribution in [0.25, 0.3) is 0 Å². The number of rotatable bonds is 5. The molecule has 1 rings (SSSR count). The summed E-state index contributed by atoms with van der Waals surface area (Å²) in [5, 5.41) is 18.0. The van der Waals surface area contributed by atoms with Crippen molar-refractivity contribution >= 4 is 29.2 Å². The summed E-state index contributed by atoms with van der Waals surface area (Å²) in [5.41, 5.74) is -11.3. The monoisotopic (exact) mass is 414 g/mol. The molecule has 1 aromatic rings. The van der Waals surface area contributed by atoms with Crippen LogP contribution in [0.5, 0.6) is 0 Å². The topological polar surface area (TPSA) is 105 Å². The number of halogens is 9. The van der Waals surface area contributed by atoms with Crippen molar-refractivity contribution in [1.29, 1.82) is 0 Å². The van der Waals surface area contributed by atoms with Crippen molar-refractivity contribution < 1.29 is 54.9 Å². The van der Waals surface area contributed by atoms with Crippen molar-refractivity contribution in [3.8, 4) is 0 Å². The van der Waals surface area contributed by atoms with Crippen LogP contribution in [-0.2, 0) is 11.6 Å². The van der Waals surface area contributed by atoms with Crippen LogP contribution in [-0.4, -0.2) is 29.6 Å². The minimum absolute atomic E-state index is 1.01. The molecule has 0 atom stereocenters. The van der Waals surface area contributed by atoms with E-state index >= 15 is 0 Å². The minimum Gasteiger partial charge on any atom is -0.545 e. The third-order valence-corrected chi connectivity index (χ3v) is 2.79. The lowest BCUT2D eigenvalue weighted by molar-refractivity contribution is -0.255. The lowest BCUT2D eigenvalue weighted by Gasteiger charge is -2.25. The highest BCUT2D eigenvalue weighted by Crippen LogP contribution is 2.42. The number of alkyl halides is 9. The van der Waals surface area contributed by atoms with Gasteiger partial charge in [0.1, 0.15) is 12.2 Å². The number of aromatic carboxylic acids is 2. The number of anilines is 1. The fourth-order valence-electron chi connectivity index (χ4n) is 1.76. The second kappa shape index (κ2) is 6.74. The molecule has 0 aliphatic rings. The molecular formula is C11H3ClF8N2O4-2. The van der Waals surface area contributed by atoms with E-state index < -0.39 is 64.4 Å². The third-order valence-electron chi connectivity index (χ3n) is 2.61. The predicted octanol–water partition coefficient (Wildman–Crippen LogP) is 1.09. The Hall–Kier alpha value is -2.38. The lowest BCUT2D eigenvalue weighted by Crippen LogP contribution is -2.36. The van der Waals surface area contributed by atoms with Crippen molar-refractivity contribution in [3.63, 3.8) is 0 Å². The Kier molecular flexibility index (Phi) is 5.61. The lowest BCUT2D eigenvalue weighted by atomic mass is 10.0. The first-order valence-corrected chi connectivity index (χ1v) is 6.30. The molecule has 146 valence electrons. The van der Waals surface area contributed by atoms with E-state index in [1.807, 2.05) is 0 Å². The Bertz CT molecular complexity index is 691. The average molecular weight is 415 g/mol. The Morgan fingerprint density at radius 2 is 1.35 bits per heavy atom. The average Bonchev–Trinajstić information content (AvgIpc) is 2.39. The first-order chi connectivity index (χ1) is 11.5. The van der Waals surface area contributed by atoms with Crippen molar-refractivity contribution in [2.45, 2.75) is 17.7 Å². The zero-order chi connectivity index (χ0) is 20.7. The summed E-state index contributed by atoms with van der Waals surface area (Å²) < 4.78 is 102. The minimum atomic E-state index is -5.79. The van der Waals surface area contributed by atoms with Gasteiger partial charge in [-0.2, -0.15) is 35.1 Å². The summed E-state index contributed by atoms with van der Waals surface area (Å²) in [5.74, 6) is -5.59. The predicted molar refractivity (Wildman–Crippen MR) is 62.2 cm³/mol. The van der Waals surface area contributed by atoms with Crippen molar-refractivity contribution in [2.24, 2.45) is 0 Å². The van der Waals surface area contributed by atoms with E-state index in [2.05, 4.69) is 16.6 Å². The van der Waals surface area contributed by atoms with E-state index in [0.29, 0.717) is 0 Å². The first kappa shape index (κ1) is 21.7. The van der Waals surface area contributed by atoms with Crippen LogP contribution >= 0.6 is 11.6 Å². The van der Waals surface area contributed by atoms with Crippen molar-refractivity contribution in [1.82, 2.24) is 4.98 Å². The van der Waals surface area contributed by atoms with Crippen LogP contribution in [0, 0.1) is 0 Å². The highest BCUT2D eigenvalue weighted by atomic mass is 35.5. The van der Waals surface area contributed by atoms with Gasteiger partial charge in [-0.1, -0.05) is 0 Å². The summed E-state index contributed by atoms with van der Waals surface area (Å²) in [4.78, 5) is 24.1. The second-order valence-corrected chi connectivity index (χ2v) is 4.95. The molecule has 0 bridgehead atoms. The van der Waals surface area contributed by atoms with E-state index in [-0.39, 0.29) is 0 Å². The molecule has 0 aromatic carbocycles. The van der Waals surface area contributed by atoms with Gasteiger partial charge in [0, 0.05) is 0 Å². The number of nitrogens with one attached hydrogen (secondary N) is 1. The largest absolute Gasteiger partial charge is 0.545 e. The second-order valence-electron chi connectivity index (χ2n) is 4.47. The molecule has 1 N–H and O–H groups in total. The van der Waals surface area contributed by atoms with Gasteiger partial charge in [0.05, 0.1) is 28.8 Å². The maximum Gasteiger partial charge on any atom is 0.434 e. The van der Waals surface area contributed by atoms with Crippen LogP contribution in [0.15, 0.2) is 0 Å². The van der Waals surface area contributed by atoms with Gasteiger partial charge >= 0.3 is 17.7 Å². The van der Waals surface area contributed by atoms with Gasteiger partial charge in [0.15, 0.2) is 5.69 Å². The van der Waals surface area contributed by atoms with E-state index in [1.165, 1.54) is 0 Å². The van der Waals surface area contributed by atoms with Gasteiger partial charge in [-0.15, -0.1) is 0 Å². The van der Waals surface area contributed by atoms with Gasteiger partial charge in [0.25, 0.3) is 0 Å². The maximum atomic E-state index is 13.3. The molecular weight excluding hydrogens is 412 g/mol.